The number of rotatable bonds is 7. The lowest BCUT2D eigenvalue weighted by atomic mass is 10.2. The van der Waals surface area contributed by atoms with Crippen LogP contribution in [0.3, 0.4) is 0 Å². The van der Waals surface area contributed by atoms with Gasteiger partial charge in [0.15, 0.2) is 0 Å². The second-order valence-electron chi connectivity index (χ2n) is 5.50. The Morgan fingerprint density at radius 1 is 1.32 bits per heavy atom. The predicted molar refractivity (Wildman–Crippen MR) is 104 cm³/mol. The summed E-state index contributed by atoms with van der Waals surface area (Å²) < 4.78 is 0. The van der Waals surface area contributed by atoms with E-state index in [1.807, 2.05) is 35.7 Å². The average molecular weight is 394 g/mol. The van der Waals surface area contributed by atoms with Crippen LogP contribution in [0.25, 0.3) is 0 Å². The van der Waals surface area contributed by atoms with Crippen LogP contribution in [0.15, 0.2) is 46.1 Å². The molecule has 0 radical (unpaired) electrons. The summed E-state index contributed by atoms with van der Waals surface area (Å²) in [7, 11) is 0. The van der Waals surface area contributed by atoms with Gasteiger partial charge in [-0.05, 0) is 12.1 Å². The molecule has 0 bridgehead atoms. The van der Waals surface area contributed by atoms with Crippen LogP contribution in [0.5, 0.6) is 0 Å². The van der Waals surface area contributed by atoms with Gasteiger partial charge < -0.3 is 10.2 Å². The summed E-state index contributed by atoms with van der Waals surface area (Å²) in [6.45, 7) is 0.546. The minimum atomic E-state index is -0.371. The molecule has 1 fully saturated rings. The first kappa shape index (κ1) is 18.3. The van der Waals surface area contributed by atoms with E-state index < -0.39 is 0 Å². The highest BCUT2D eigenvalue weighted by Crippen LogP contribution is 2.24. The maximum absolute atomic E-state index is 12.5. The minimum absolute atomic E-state index is 0.0125. The highest BCUT2D eigenvalue weighted by Gasteiger charge is 2.34. The van der Waals surface area contributed by atoms with Crippen molar-refractivity contribution < 1.29 is 9.59 Å². The molecule has 0 spiro atoms. The Labute approximate surface area is 159 Å². The molecule has 25 heavy (non-hydrogen) atoms. The summed E-state index contributed by atoms with van der Waals surface area (Å²) in [6.07, 6.45) is 0.715. The highest BCUT2D eigenvalue weighted by atomic mass is 32.2. The third-order valence-electron chi connectivity index (χ3n) is 3.77. The number of hydrogen-bond donors (Lipinski definition) is 1. The third kappa shape index (κ3) is 5.23. The molecule has 8 heteroatoms. The number of thioether (sulfide) groups is 2. The van der Waals surface area contributed by atoms with Crippen molar-refractivity contribution in [1.29, 1.82) is 0 Å². The molecule has 1 atom stereocenters. The monoisotopic (exact) mass is 393 g/mol. The molecule has 2 aromatic rings. The Morgan fingerprint density at radius 3 is 2.92 bits per heavy atom. The summed E-state index contributed by atoms with van der Waals surface area (Å²) in [4.78, 5) is 31.9. The van der Waals surface area contributed by atoms with Crippen molar-refractivity contribution in [3.05, 3.63) is 46.9 Å². The number of thiazole rings is 1. The van der Waals surface area contributed by atoms with Crippen LogP contribution in [0.1, 0.15) is 5.69 Å². The van der Waals surface area contributed by atoms with Gasteiger partial charge in [-0.25, -0.2) is 4.98 Å². The van der Waals surface area contributed by atoms with Gasteiger partial charge >= 0.3 is 0 Å². The molecular weight excluding hydrogens is 374 g/mol. The number of nitrogens with one attached hydrogen (secondary N) is 1. The number of carbonyl (C=O) groups excluding carboxylic acids is 2. The van der Waals surface area contributed by atoms with Crippen LogP contribution in [0, 0.1) is 0 Å². The van der Waals surface area contributed by atoms with Crippen molar-refractivity contribution in [1.82, 2.24) is 15.2 Å². The van der Waals surface area contributed by atoms with Gasteiger partial charge in [0.25, 0.3) is 0 Å². The number of amides is 2. The van der Waals surface area contributed by atoms with Gasteiger partial charge in [0.2, 0.25) is 11.8 Å². The summed E-state index contributed by atoms with van der Waals surface area (Å²) in [5.41, 5.74) is 2.77. The standard InChI is InChI=1S/C17H19N3O2S3/c21-16(10-25-14-4-2-1-3-5-14)20-12-24-9-15(20)17(22)18-7-6-13-8-23-11-19-13/h1-5,8,11,15H,6-7,9-10,12H2,(H,18,22)/t15-/m1/s1. The summed E-state index contributed by atoms with van der Waals surface area (Å²) in [6, 6.07) is 9.46. The molecule has 1 aliphatic rings. The first-order valence-corrected chi connectivity index (χ1v) is 11.0. The largest absolute Gasteiger partial charge is 0.354 e. The van der Waals surface area contributed by atoms with Crippen molar-refractivity contribution >= 4 is 46.7 Å². The second-order valence-corrected chi connectivity index (χ2v) is 8.27. The molecule has 2 amide bonds. The topological polar surface area (TPSA) is 62.3 Å². The van der Waals surface area contributed by atoms with Crippen molar-refractivity contribution in [3.8, 4) is 0 Å². The van der Waals surface area contributed by atoms with E-state index in [9.17, 15) is 9.59 Å². The molecule has 0 aliphatic carbocycles. The smallest absolute Gasteiger partial charge is 0.243 e. The van der Waals surface area contributed by atoms with Crippen molar-refractivity contribution in [2.24, 2.45) is 0 Å². The van der Waals surface area contributed by atoms with Crippen LogP contribution in [0.2, 0.25) is 0 Å². The molecule has 0 unspecified atom stereocenters. The van der Waals surface area contributed by atoms with E-state index >= 15 is 0 Å². The van der Waals surface area contributed by atoms with E-state index in [4.69, 9.17) is 0 Å². The fourth-order valence-corrected chi connectivity index (χ4v) is 5.02. The predicted octanol–water partition coefficient (Wildman–Crippen LogP) is 2.50. The Morgan fingerprint density at radius 2 is 2.16 bits per heavy atom. The molecule has 0 saturated carbocycles. The quantitative estimate of drug-likeness (QED) is 0.733. The zero-order chi connectivity index (χ0) is 17.5. The van der Waals surface area contributed by atoms with Crippen LogP contribution in [-0.2, 0) is 16.0 Å². The van der Waals surface area contributed by atoms with Gasteiger partial charge in [0.05, 0.1) is 22.8 Å². The van der Waals surface area contributed by atoms with E-state index in [0.717, 1.165) is 10.6 Å². The van der Waals surface area contributed by atoms with Crippen LogP contribution >= 0.6 is 34.9 Å². The Balaban J connectivity index is 1.47. The Bertz CT molecular complexity index is 694. The van der Waals surface area contributed by atoms with Gasteiger partial charge in [-0.3, -0.25) is 9.59 Å². The Hall–Kier alpha value is -1.51. The first-order chi connectivity index (χ1) is 12.2. The molecule has 5 nitrogen and oxygen atoms in total. The zero-order valence-electron chi connectivity index (χ0n) is 13.6. The molecule has 1 aromatic heterocycles. The summed E-state index contributed by atoms with van der Waals surface area (Å²) in [5.74, 6) is 1.53. The molecule has 3 rings (SSSR count). The normalized spacial score (nSPS) is 16.8. The number of carbonyl (C=O) groups is 2. The Kier molecular flexibility index (Phi) is 6.77. The molecule has 1 saturated heterocycles. The van der Waals surface area contributed by atoms with Crippen LogP contribution < -0.4 is 5.32 Å². The number of nitrogens with zero attached hydrogens (tertiary/aromatic N) is 2. The molecule has 2 heterocycles. The average Bonchev–Trinajstić information content (AvgIpc) is 3.32. The lowest BCUT2D eigenvalue weighted by Gasteiger charge is -2.23. The lowest BCUT2D eigenvalue weighted by molar-refractivity contribution is -0.136. The van der Waals surface area contributed by atoms with Gasteiger partial charge in [0.1, 0.15) is 6.04 Å². The summed E-state index contributed by atoms with van der Waals surface area (Å²) in [5, 5.41) is 4.91. The second kappa shape index (κ2) is 9.26. The van der Waals surface area contributed by atoms with Gasteiger partial charge in [-0.2, -0.15) is 0 Å². The first-order valence-electron chi connectivity index (χ1n) is 7.94. The SMILES string of the molecule is O=C(NCCc1cscn1)[C@H]1CSCN1C(=O)CSc1ccccc1. The number of hydrogen-bond acceptors (Lipinski definition) is 6. The number of benzene rings is 1. The maximum atomic E-state index is 12.5. The van der Waals surface area contributed by atoms with E-state index in [1.54, 1.807) is 33.5 Å². The maximum Gasteiger partial charge on any atom is 0.243 e. The molecule has 1 aromatic carbocycles. The molecule has 1 aliphatic heterocycles. The van der Waals surface area contributed by atoms with Gasteiger partial charge in [-0.15, -0.1) is 34.9 Å². The van der Waals surface area contributed by atoms with Gasteiger partial charge in [-0.1, -0.05) is 18.2 Å². The molecule has 1 N–H and O–H groups in total. The van der Waals surface area contributed by atoms with E-state index in [-0.39, 0.29) is 17.9 Å². The van der Waals surface area contributed by atoms with Crippen molar-refractivity contribution in [2.75, 3.05) is 23.9 Å². The van der Waals surface area contributed by atoms with Gasteiger partial charge in [0, 0.05) is 29.0 Å². The van der Waals surface area contributed by atoms with Crippen molar-refractivity contribution in [3.63, 3.8) is 0 Å². The lowest BCUT2D eigenvalue weighted by Crippen LogP contribution is -2.48. The van der Waals surface area contributed by atoms with E-state index in [2.05, 4.69) is 10.3 Å². The minimum Gasteiger partial charge on any atom is -0.354 e. The van der Waals surface area contributed by atoms with Crippen LogP contribution in [-0.4, -0.2) is 51.7 Å². The fourth-order valence-electron chi connectivity index (χ4n) is 2.44. The third-order valence-corrected chi connectivity index (χ3v) is 6.42. The highest BCUT2D eigenvalue weighted by molar-refractivity contribution is 8.00. The fraction of sp³-hybridized carbons (Fsp3) is 0.353. The summed E-state index contributed by atoms with van der Waals surface area (Å²) >= 11 is 4.68. The molecule has 132 valence electrons. The van der Waals surface area contributed by atoms with Crippen LogP contribution in [0.4, 0.5) is 0 Å². The van der Waals surface area contributed by atoms with Crippen molar-refractivity contribution in [2.45, 2.75) is 17.4 Å². The number of aromatic nitrogens is 1. The van der Waals surface area contributed by atoms with E-state index in [1.165, 1.54) is 11.8 Å². The zero-order valence-corrected chi connectivity index (χ0v) is 16.0. The molecular formula is C17H19N3O2S3. The van der Waals surface area contributed by atoms with E-state index in [0.29, 0.717) is 30.3 Å².